The molecule has 0 aliphatic rings. The first-order valence-electron chi connectivity index (χ1n) is 3.23. The fourth-order valence-electron chi connectivity index (χ4n) is 0.487. The van der Waals surface area contributed by atoms with Gasteiger partial charge in [0.15, 0.2) is 0 Å². The maximum Gasteiger partial charge on any atom is 0.513 e. The van der Waals surface area contributed by atoms with Gasteiger partial charge in [-0.15, -0.1) is 0 Å². The zero-order valence-corrected chi connectivity index (χ0v) is 9.81. The average Bonchev–Trinajstić information content (AvgIpc) is 2.00. The van der Waals surface area contributed by atoms with Crippen LogP contribution >= 0.6 is 0 Å². The summed E-state index contributed by atoms with van der Waals surface area (Å²) < 4.78 is 3.71. The van der Waals surface area contributed by atoms with E-state index < -0.39 is 18.1 Å². The van der Waals surface area contributed by atoms with Crippen LogP contribution in [0.2, 0.25) is 0 Å². The summed E-state index contributed by atoms with van der Waals surface area (Å²) in [6, 6.07) is 0. The minimum absolute atomic E-state index is 0. The number of hydrogen-bond donors (Lipinski definition) is 1. The minimum Gasteiger partial charge on any atom is -0.449 e. The van der Waals surface area contributed by atoms with Crippen molar-refractivity contribution in [2.75, 3.05) is 7.11 Å². The summed E-state index contributed by atoms with van der Waals surface area (Å²) in [6.45, 7) is 0. The molecule has 7 nitrogen and oxygen atoms in total. The molecule has 0 aromatic carbocycles. The summed E-state index contributed by atoms with van der Waals surface area (Å²) in [5, 5.41) is 7.97. The SMILES string of the molecule is COOC(=O)CCC(=O)OC(=O)O.[Na]. The topological polar surface area (TPSA) is 99.1 Å². The maximum absolute atomic E-state index is 10.5. The van der Waals surface area contributed by atoms with Crippen LogP contribution < -0.4 is 0 Å². The van der Waals surface area contributed by atoms with Crippen LogP contribution in [0.1, 0.15) is 12.8 Å². The molecule has 0 saturated carbocycles. The Kier molecular flexibility index (Phi) is 10.1. The van der Waals surface area contributed by atoms with E-state index in [1.807, 2.05) is 0 Å². The molecule has 0 rings (SSSR count). The molecule has 0 amide bonds. The second-order valence-electron chi connectivity index (χ2n) is 1.86. The van der Waals surface area contributed by atoms with Crippen LogP contribution in [0.25, 0.3) is 0 Å². The first kappa shape index (κ1) is 15.8. The number of esters is 1. The van der Waals surface area contributed by atoms with Gasteiger partial charge >= 0.3 is 18.1 Å². The Labute approximate surface area is 102 Å². The van der Waals surface area contributed by atoms with Crippen molar-refractivity contribution in [2.45, 2.75) is 12.8 Å². The Morgan fingerprint density at radius 1 is 1.14 bits per heavy atom. The van der Waals surface area contributed by atoms with Gasteiger partial charge in [-0.1, -0.05) is 0 Å². The van der Waals surface area contributed by atoms with Crippen LogP contribution in [0.15, 0.2) is 0 Å². The van der Waals surface area contributed by atoms with Crippen molar-refractivity contribution in [3.05, 3.63) is 0 Å². The van der Waals surface area contributed by atoms with Crippen LogP contribution in [-0.2, 0) is 24.1 Å². The molecule has 75 valence electrons. The second kappa shape index (κ2) is 8.95. The fourth-order valence-corrected chi connectivity index (χ4v) is 0.487. The van der Waals surface area contributed by atoms with Crippen LogP contribution in [0.3, 0.4) is 0 Å². The Hall–Kier alpha value is -0.630. The van der Waals surface area contributed by atoms with Gasteiger partial charge in [-0.3, -0.25) is 9.68 Å². The molecule has 0 aliphatic heterocycles. The minimum atomic E-state index is -1.70. The number of ether oxygens (including phenoxy) is 1. The van der Waals surface area contributed by atoms with Gasteiger partial charge in [0.05, 0.1) is 20.0 Å². The Morgan fingerprint density at radius 2 is 1.64 bits per heavy atom. The maximum atomic E-state index is 10.5. The van der Waals surface area contributed by atoms with Gasteiger partial charge in [0.25, 0.3) is 0 Å². The van der Waals surface area contributed by atoms with Crippen LogP contribution in [0.5, 0.6) is 0 Å². The van der Waals surface area contributed by atoms with E-state index in [-0.39, 0.29) is 42.4 Å². The molecule has 0 aliphatic carbocycles. The third-order valence-electron chi connectivity index (χ3n) is 0.911. The largest absolute Gasteiger partial charge is 0.513 e. The smallest absolute Gasteiger partial charge is 0.449 e. The van der Waals surface area contributed by atoms with Crippen molar-refractivity contribution in [1.29, 1.82) is 0 Å². The summed E-state index contributed by atoms with van der Waals surface area (Å²) in [7, 11) is 1.13. The van der Waals surface area contributed by atoms with E-state index in [0.717, 1.165) is 7.11 Å². The molecule has 14 heavy (non-hydrogen) atoms. The second-order valence-corrected chi connectivity index (χ2v) is 1.86. The van der Waals surface area contributed by atoms with Crippen LogP contribution in [0, 0.1) is 0 Å². The Balaban J connectivity index is 0. The molecule has 0 unspecified atom stereocenters. The molecule has 1 N–H and O–H groups in total. The van der Waals surface area contributed by atoms with E-state index >= 15 is 0 Å². The van der Waals surface area contributed by atoms with E-state index in [2.05, 4.69) is 14.5 Å². The van der Waals surface area contributed by atoms with Gasteiger partial charge in [-0.05, 0) is 0 Å². The van der Waals surface area contributed by atoms with Gasteiger partial charge < -0.3 is 9.84 Å². The predicted molar refractivity (Wildman–Crippen MR) is 42.2 cm³/mol. The van der Waals surface area contributed by atoms with Crippen LogP contribution in [-0.4, -0.2) is 59.9 Å². The molecule has 0 saturated heterocycles. The molecule has 0 fully saturated rings. The van der Waals surface area contributed by atoms with E-state index in [4.69, 9.17) is 5.11 Å². The third-order valence-corrected chi connectivity index (χ3v) is 0.911. The zero-order chi connectivity index (χ0) is 10.3. The van der Waals surface area contributed by atoms with Gasteiger partial charge in [-0.2, -0.15) is 4.89 Å². The number of rotatable bonds is 4. The quantitative estimate of drug-likeness (QED) is 0.226. The number of carbonyl (C=O) groups excluding carboxylic acids is 2. The zero-order valence-electron chi connectivity index (χ0n) is 7.81. The predicted octanol–water partition coefficient (Wildman–Crippen LogP) is -0.288. The Bertz CT molecular complexity index is 214. The molecule has 8 heteroatoms. The first-order valence-corrected chi connectivity index (χ1v) is 3.23. The molecule has 0 spiro atoms. The molecular formula is C6H8NaO7. The molecule has 1 radical (unpaired) electrons. The molecule has 0 aromatic rings. The van der Waals surface area contributed by atoms with Gasteiger partial charge in [0.2, 0.25) is 0 Å². The van der Waals surface area contributed by atoms with Crippen molar-refractivity contribution >= 4 is 47.7 Å². The van der Waals surface area contributed by atoms with E-state index in [9.17, 15) is 14.4 Å². The average molecular weight is 215 g/mol. The monoisotopic (exact) mass is 215 g/mol. The molecule has 0 aromatic heterocycles. The Morgan fingerprint density at radius 3 is 2.07 bits per heavy atom. The number of carboxylic acid groups (broad SMARTS) is 1. The summed E-state index contributed by atoms with van der Waals surface area (Å²) in [5.74, 6) is -1.79. The van der Waals surface area contributed by atoms with Gasteiger partial charge in [-0.25, -0.2) is 9.59 Å². The fraction of sp³-hybridized carbons (Fsp3) is 0.500. The number of carbonyl (C=O) groups is 3. The normalized spacial score (nSPS) is 8.36. The summed E-state index contributed by atoms with van der Waals surface area (Å²) in [4.78, 5) is 38.8. The van der Waals surface area contributed by atoms with Crippen molar-refractivity contribution in [2.24, 2.45) is 0 Å². The van der Waals surface area contributed by atoms with Crippen molar-refractivity contribution in [1.82, 2.24) is 0 Å². The first-order chi connectivity index (χ1) is 6.06. The summed E-state index contributed by atoms with van der Waals surface area (Å²) in [6.07, 6.45) is -2.36. The van der Waals surface area contributed by atoms with Crippen molar-refractivity contribution < 1.29 is 34.0 Å². The van der Waals surface area contributed by atoms with Gasteiger partial charge in [0.1, 0.15) is 0 Å². The van der Waals surface area contributed by atoms with Crippen LogP contribution in [0.4, 0.5) is 4.79 Å². The summed E-state index contributed by atoms with van der Waals surface area (Å²) in [5.41, 5.74) is 0. The van der Waals surface area contributed by atoms with E-state index in [0.29, 0.717) is 0 Å². The standard InChI is InChI=1S/C6H8O7.Na/c1-11-13-5(8)3-2-4(7)12-6(9)10;/h2-3H2,1H3,(H,9,10);. The third kappa shape index (κ3) is 9.46. The summed E-state index contributed by atoms with van der Waals surface area (Å²) >= 11 is 0. The van der Waals surface area contributed by atoms with E-state index in [1.54, 1.807) is 0 Å². The molecule has 0 bridgehead atoms. The molecular weight excluding hydrogens is 207 g/mol. The molecule has 0 heterocycles. The molecule has 0 atom stereocenters. The van der Waals surface area contributed by atoms with Crippen molar-refractivity contribution in [3.8, 4) is 0 Å². The van der Waals surface area contributed by atoms with Gasteiger partial charge in [0, 0.05) is 29.6 Å². The van der Waals surface area contributed by atoms with Crippen molar-refractivity contribution in [3.63, 3.8) is 0 Å². The van der Waals surface area contributed by atoms with E-state index in [1.165, 1.54) is 0 Å². The number of hydrogen-bond acceptors (Lipinski definition) is 6.